The van der Waals surface area contributed by atoms with Gasteiger partial charge in [-0.05, 0) is 31.2 Å². The molecular weight excluding hydrogens is 246 g/mol. The summed E-state index contributed by atoms with van der Waals surface area (Å²) in [5.74, 6) is 0. The van der Waals surface area contributed by atoms with Gasteiger partial charge in [-0.15, -0.1) is 0 Å². The number of nitrogens with one attached hydrogen (secondary N) is 1. The van der Waals surface area contributed by atoms with E-state index in [1.807, 2.05) is 7.11 Å². The molecule has 1 aliphatic rings. The highest BCUT2D eigenvalue weighted by atomic mass is 16.5. The van der Waals surface area contributed by atoms with Crippen LogP contribution in [0.1, 0.15) is 63.5 Å². The molecule has 2 rings (SSSR count). The molecule has 0 bridgehead atoms. The van der Waals surface area contributed by atoms with Gasteiger partial charge in [-0.3, -0.25) is 0 Å². The predicted octanol–water partition coefficient (Wildman–Crippen LogP) is 4.47. The van der Waals surface area contributed by atoms with E-state index >= 15 is 0 Å². The smallest absolute Gasteiger partial charge is 0.0586 e. The normalized spacial score (nSPS) is 23.9. The van der Waals surface area contributed by atoms with Crippen LogP contribution in [0.25, 0.3) is 0 Å². The Morgan fingerprint density at radius 1 is 1.20 bits per heavy atom. The second-order valence-corrected chi connectivity index (χ2v) is 5.99. The summed E-state index contributed by atoms with van der Waals surface area (Å²) in [5.41, 5.74) is 1.43. The van der Waals surface area contributed by atoms with Crippen LogP contribution in [0.2, 0.25) is 0 Å². The fraction of sp³-hybridized carbons (Fsp3) is 0.667. The Labute approximate surface area is 123 Å². The average molecular weight is 275 g/mol. The summed E-state index contributed by atoms with van der Waals surface area (Å²) in [6.07, 6.45) is 9.23. The Kier molecular flexibility index (Phi) is 6.55. The zero-order chi connectivity index (χ0) is 14.2. The van der Waals surface area contributed by atoms with Crippen molar-refractivity contribution < 1.29 is 4.74 Å². The van der Waals surface area contributed by atoms with E-state index in [2.05, 4.69) is 42.6 Å². The number of ether oxygens (including phenoxy) is 1. The SMILES string of the molecule is CCCCCC(NC1CCC(OC)C1)c1ccccc1. The van der Waals surface area contributed by atoms with Gasteiger partial charge in [0, 0.05) is 19.2 Å². The van der Waals surface area contributed by atoms with Gasteiger partial charge in [-0.2, -0.15) is 0 Å². The molecule has 3 unspecified atom stereocenters. The van der Waals surface area contributed by atoms with Gasteiger partial charge in [-0.1, -0.05) is 56.5 Å². The van der Waals surface area contributed by atoms with E-state index < -0.39 is 0 Å². The summed E-state index contributed by atoms with van der Waals surface area (Å²) >= 11 is 0. The van der Waals surface area contributed by atoms with Gasteiger partial charge in [0.1, 0.15) is 0 Å². The first kappa shape index (κ1) is 15.5. The van der Waals surface area contributed by atoms with Crippen molar-refractivity contribution in [1.82, 2.24) is 5.32 Å². The summed E-state index contributed by atoms with van der Waals surface area (Å²) in [4.78, 5) is 0. The molecule has 1 saturated carbocycles. The van der Waals surface area contributed by atoms with Gasteiger partial charge in [0.05, 0.1) is 6.10 Å². The number of benzene rings is 1. The summed E-state index contributed by atoms with van der Waals surface area (Å²) in [5, 5.41) is 3.88. The minimum atomic E-state index is 0.458. The summed E-state index contributed by atoms with van der Waals surface area (Å²) in [6, 6.07) is 12.0. The fourth-order valence-corrected chi connectivity index (χ4v) is 3.22. The van der Waals surface area contributed by atoms with E-state index in [4.69, 9.17) is 4.74 Å². The molecule has 1 aromatic rings. The lowest BCUT2D eigenvalue weighted by atomic mass is 9.99. The average Bonchev–Trinajstić information content (AvgIpc) is 2.95. The van der Waals surface area contributed by atoms with E-state index in [1.165, 1.54) is 44.1 Å². The second-order valence-electron chi connectivity index (χ2n) is 5.99. The summed E-state index contributed by atoms with van der Waals surface area (Å²) in [6.45, 7) is 2.27. The first-order valence-corrected chi connectivity index (χ1v) is 8.17. The molecule has 1 N–H and O–H groups in total. The van der Waals surface area contributed by atoms with E-state index in [-0.39, 0.29) is 0 Å². The fourth-order valence-electron chi connectivity index (χ4n) is 3.22. The molecule has 0 aliphatic heterocycles. The molecule has 0 heterocycles. The van der Waals surface area contributed by atoms with Gasteiger partial charge in [-0.25, -0.2) is 0 Å². The first-order chi connectivity index (χ1) is 9.83. The van der Waals surface area contributed by atoms with Crippen molar-refractivity contribution in [2.45, 2.75) is 70.1 Å². The van der Waals surface area contributed by atoms with Crippen LogP contribution < -0.4 is 5.32 Å². The quantitative estimate of drug-likeness (QED) is 0.707. The molecule has 0 radical (unpaired) electrons. The molecule has 2 heteroatoms. The first-order valence-electron chi connectivity index (χ1n) is 8.17. The summed E-state index contributed by atoms with van der Waals surface area (Å²) < 4.78 is 5.49. The standard InChI is InChI=1S/C18H29NO/c1-3-4-6-11-18(15-9-7-5-8-10-15)19-16-12-13-17(14-16)20-2/h5,7-10,16-19H,3-4,6,11-14H2,1-2H3. The monoisotopic (exact) mass is 275 g/mol. The van der Waals surface area contributed by atoms with Crippen molar-refractivity contribution in [3.8, 4) is 0 Å². The van der Waals surface area contributed by atoms with Crippen molar-refractivity contribution in [3.63, 3.8) is 0 Å². The third kappa shape index (κ3) is 4.60. The molecule has 0 spiro atoms. The number of hydrogen-bond donors (Lipinski definition) is 1. The number of rotatable bonds is 8. The minimum absolute atomic E-state index is 0.458. The van der Waals surface area contributed by atoms with Crippen LogP contribution in [-0.4, -0.2) is 19.3 Å². The Bertz CT molecular complexity index is 365. The van der Waals surface area contributed by atoms with E-state index in [0.717, 1.165) is 6.42 Å². The Morgan fingerprint density at radius 2 is 2.00 bits per heavy atom. The highest BCUT2D eigenvalue weighted by molar-refractivity contribution is 5.19. The maximum atomic E-state index is 5.49. The van der Waals surface area contributed by atoms with Crippen molar-refractivity contribution in [2.24, 2.45) is 0 Å². The molecule has 112 valence electrons. The maximum Gasteiger partial charge on any atom is 0.0586 e. The van der Waals surface area contributed by atoms with Gasteiger partial charge in [0.2, 0.25) is 0 Å². The third-order valence-electron chi connectivity index (χ3n) is 4.45. The topological polar surface area (TPSA) is 21.3 Å². The van der Waals surface area contributed by atoms with Crippen LogP contribution in [0, 0.1) is 0 Å². The lowest BCUT2D eigenvalue weighted by molar-refractivity contribution is 0.106. The molecule has 2 nitrogen and oxygen atoms in total. The molecule has 1 fully saturated rings. The van der Waals surface area contributed by atoms with Crippen molar-refractivity contribution in [3.05, 3.63) is 35.9 Å². The van der Waals surface area contributed by atoms with Crippen molar-refractivity contribution in [2.75, 3.05) is 7.11 Å². The number of unbranched alkanes of at least 4 members (excludes halogenated alkanes) is 2. The zero-order valence-electron chi connectivity index (χ0n) is 13.0. The van der Waals surface area contributed by atoms with E-state index in [9.17, 15) is 0 Å². The molecule has 0 saturated heterocycles. The lowest BCUT2D eigenvalue weighted by Gasteiger charge is -2.24. The minimum Gasteiger partial charge on any atom is -0.381 e. The van der Waals surface area contributed by atoms with Crippen LogP contribution in [-0.2, 0) is 4.74 Å². The number of methoxy groups -OCH3 is 1. The molecule has 0 aromatic heterocycles. The molecule has 3 atom stereocenters. The van der Waals surface area contributed by atoms with Crippen molar-refractivity contribution in [1.29, 1.82) is 0 Å². The van der Waals surface area contributed by atoms with Crippen LogP contribution in [0.4, 0.5) is 0 Å². The van der Waals surface area contributed by atoms with Crippen LogP contribution in [0.5, 0.6) is 0 Å². The largest absolute Gasteiger partial charge is 0.381 e. The third-order valence-corrected chi connectivity index (χ3v) is 4.45. The zero-order valence-corrected chi connectivity index (χ0v) is 13.0. The lowest BCUT2D eigenvalue weighted by Crippen LogP contribution is -2.31. The highest BCUT2D eigenvalue weighted by Crippen LogP contribution is 2.27. The van der Waals surface area contributed by atoms with Crippen LogP contribution in [0.3, 0.4) is 0 Å². The van der Waals surface area contributed by atoms with E-state index in [1.54, 1.807) is 0 Å². The Balaban J connectivity index is 1.92. The van der Waals surface area contributed by atoms with Gasteiger partial charge >= 0.3 is 0 Å². The molecule has 0 amide bonds. The maximum absolute atomic E-state index is 5.49. The van der Waals surface area contributed by atoms with Crippen LogP contribution in [0.15, 0.2) is 30.3 Å². The predicted molar refractivity (Wildman–Crippen MR) is 84.9 cm³/mol. The Morgan fingerprint density at radius 3 is 2.65 bits per heavy atom. The van der Waals surface area contributed by atoms with Gasteiger partial charge < -0.3 is 10.1 Å². The van der Waals surface area contributed by atoms with Crippen molar-refractivity contribution >= 4 is 0 Å². The highest BCUT2D eigenvalue weighted by Gasteiger charge is 2.26. The summed E-state index contributed by atoms with van der Waals surface area (Å²) in [7, 11) is 1.84. The van der Waals surface area contributed by atoms with Gasteiger partial charge in [0.25, 0.3) is 0 Å². The van der Waals surface area contributed by atoms with Gasteiger partial charge in [0.15, 0.2) is 0 Å². The number of hydrogen-bond acceptors (Lipinski definition) is 2. The van der Waals surface area contributed by atoms with E-state index in [0.29, 0.717) is 18.2 Å². The molecule has 1 aliphatic carbocycles. The molecule has 20 heavy (non-hydrogen) atoms. The molecule has 1 aromatic carbocycles. The molecular formula is C18H29NO. The van der Waals surface area contributed by atoms with Crippen LogP contribution >= 0.6 is 0 Å². The Hall–Kier alpha value is -0.860. The second kappa shape index (κ2) is 8.43.